The molecule has 0 bridgehead atoms. The first kappa shape index (κ1) is 17.8. The summed E-state index contributed by atoms with van der Waals surface area (Å²) in [5.41, 5.74) is 0.671. The van der Waals surface area contributed by atoms with Crippen LogP contribution in [-0.4, -0.2) is 68.9 Å². The maximum Gasteiger partial charge on any atom is 0.326 e. The number of fused-ring (bicyclic) bond motifs is 1. The maximum absolute atomic E-state index is 13.1. The van der Waals surface area contributed by atoms with Gasteiger partial charge in [-0.15, -0.1) is 0 Å². The number of rotatable bonds is 4. The van der Waals surface area contributed by atoms with E-state index in [-0.39, 0.29) is 5.56 Å². The van der Waals surface area contributed by atoms with E-state index in [1.165, 1.54) is 4.57 Å². The van der Waals surface area contributed by atoms with Crippen LogP contribution in [0.1, 0.15) is 19.8 Å². The summed E-state index contributed by atoms with van der Waals surface area (Å²) < 4.78 is 3.37. The Morgan fingerprint density at radius 3 is 2.59 bits per heavy atom. The van der Waals surface area contributed by atoms with E-state index in [1.54, 1.807) is 11.9 Å². The second kappa shape index (κ2) is 6.84. The van der Waals surface area contributed by atoms with Gasteiger partial charge >= 0.3 is 5.97 Å². The zero-order valence-corrected chi connectivity index (χ0v) is 15.7. The normalized spacial score (nSPS) is 20.6. The molecule has 2 saturated heterocycles. The largest absolute Gasteiger partial charge is 0.480 e. The number of nitrogens with one attached hydrogen (secondary N) is 1. The smallest absolute Gasteiger partial charge is 0.326 e. The van der Waals surface area contributed by atoms with Gasteiger partial charge in [-0.25, -0.2) is 4.79 Å². The van der Waals surface area contributed by atoms with Crippen molar-refractivity contribution >= 4 is 29.0 Å². The van der Waals surface area contributed by atoms with Crippen LogP contribution in [0.5, 0.6) is 0 Å². The molecule has 0 aliphatic carbocycles. The lowest BCUT2D eigenvalue weighted by Crippen LogP contribution is -2.44. The van der Waals surface area contributed by atoms with Crippen LogP contribution in [0.3, 0.4) is 0 Å². The van der Waals surface area contributed by atoms with Crippen LogP contribution in [-0.2, 0) is 18.4 Å². The summed E-state index contributed by atoms with van der Waals surface area (Å²) in [4.78, 5) is 37.9. The average molecular weight is 375 g/mol. The van der Waals surface area contributed by atoms with Crippen LogP contribution >= 0.6 is 0 Å². The maximum atomic E-state index is 13.1. The molecule has 0 amide bonds. The Kier molecular flexibility index (Phi) is 4.50. The van der Waals surface area contributed by atoms with Crippen LogP contribution in [0.25, 0.3) is 11.2 Å². The summed E-state index contributed by atoms with van der Waals surface area (Å²) in [6, 6.07) is -0.651. The fraction of sp³-hybridized carbons (Fsp3) is 0.647. The van der Waals surface area contributed by atoms with Crippen molar-refractivity contribution in [2.75, 3.05) is 42.5 Å². The first-order chi connectivity index (χ1) is 13.0. The molecular formula is C17H25N7O3. The van der Waals surface area contributed by atoms with Crippen molar-refractivity contribution in [3.05, 3.63) is 10.4 Å². The van der Waals surface area contributed by atoms with Gasteiger partial charge in [0.15, 0.2) is 11.2 Å². The Labute approximate surface area is 156 Å². The van der Waals surface area contributed by atoms with Crippen molar-refractivity contribution < 1.29 is 9.90 Å². The Morgan fingerprint density at radius 1 is 1.22 bits per heavy atom. The van der Waals surface area contributed by atoms with Crippen LogP contribution in [0.4, 0.5) is 11.9 Å². The highest BCUT2D eigenvalue weighted by Crippen LogP contribution is 2.26. The fourth-order valence-electron chi connectivity index (χ4n) is 4.06. The van der Waals surface area contributed by atoms with Crippen molar-refractivity contribution in [2.24, 2.45) is 7.05 Å². The third-order valence-electron chi connectivity index (χ3n) is 5.45. The molecule has 2 aliphatic heterocycles. The van der Waals surface area contributed by atoms with E-state index in [0.29, 0.717) is 36.6 Å². The third kappa shape index (κ3) is 2.84. The third-order valence-corrected chi connectivity index (χ3v) is 5.45. The molecule has 27 heavy (non-hydrogen) atoms. The van der Waals surface area contributed by atoms with Crippen LogP contribution < -0.4 is 20.7 Å². The average Bonchev–Trinajstić information content (AvgIpc) is 3.30. The molecule has 2 aromatic heterocycles. The van der Waals surface area contributed by atoms with E-state index in [2.05, 4.69) is 20.2 Å². The monoisotopic (exact) mass is 375 g/mol. The Morgan fingerprint density at radius 2 is 1.93 bits per heavy atom. The van der Waals surface area contributed by atoms with Gasteiger partial charge in [-0.1, -0.05) is 0 Å². The number of hydrogen-bond donors (Lipinski definition) is 2. The number of piperazine rings is 1. The molecule has 0 spiro atoms. The van der Waals surface area contributed by atoms with E-state index in [4.69, 9.17) is 0 Å². The molecule has 2 aliphatic rings. The topological polar surface area (TPSA) is 109 Å². The van der Waals surface area contributed by atoms with E-state index < -0.39 is 12.0 Å². The molecule has 0 aromatic carbocycles. The van der Waals surface area contributed by atoms with Crippen molar-refractivity contribution in [3.63, 3.8) is 0 Å². The number of hydrogen-bond acceptors (Lipinski definition) is 7. The number of anilines is 2. The number of carboxylic acid groups (broad SMARTS) is 1. The number of aromatic nitrogens is 4. The summed E-state index contributed by atoms with van der Waals surface area (Å²) in [5.74, 6) is 0.249. The Balaban J connectivity index is 1.86. The number of aliphatic carboxylic acids is 1. The minimum absolute atomic E-state index is 0.193. The minimum atomic E-state index is -0.887. The molecule has 4 rings (SSSR count). The Hall–Kier alpha value is -2.62. The summed E-state index contributed by atoms with van der Waals surface area (Å²) in [5, 5.41) is 12.8. The number of carbonyl (C=O) groups is 1. The number of aryl methyl sites for hydroxylation is 1. The second-order valence-corrected chi connectivity index (χ2v) is 7.03. The highest BCUT2D eigenvalue weighted by atomic mass is 16.4. The first-order valence-electron chi connectivity index (χ1n) is 9.45. The summed E-state index contributed by atoms with van der Waals surface area (Å²) in [6.07, 6.45) is 1.32. The van der Waals surface area contributed by atoms with Crippen molar-refractivity contribution in [2.45, 2.75) is 32.4 Å². The van der Waals surface area contributed by atoms with Crippen molar-refractivity contribution in [1.29, 1.82) is 0 Å². The number of imidazole rings is 1. The molecular weight excluding hydrogens is 350 g/mol. The lowest BCUT2D eigenvalue weighted by Gasteiger charge is -2.28. The van der Waals surface area contributed by atoms with Crippen molar-refractivity contribution in [3.8, 4) is 0 Å². The molecule has 146 valence electrons. The zero-order chi connectivity index (χ0) is 19.1. The van der Waals surface area contributed by atoms with Gasteiger partial charge in [0.2, 0.25) is 11.9 Å². The van der Waals surface area contributed by atoms with Gasteiger partial charge in [0.05, 0.1) is 0 Å². The molecule has 1 unspecified atom stereocenters. The molecule has 2 fully saturated rings. The summed E-state index contributed by atoms with van der Waals surface area (Å²) in [6.45, 7) is 6.57. The van der Waals surface area contributed by atoms with Gasteiger partial charge in [-0.05, 0) is 19.8 Å². The molecule has 10 nitrogen and oxygen atoms in total. The number of nitrogens with zero attached hydrogens (tertiary/aromatic N) is 6. The van der Waals surface area contributed by atoms with E-state index in [0.717, 1.165) is 38.5 Å². The standard InChI is InChI=1S/C17H25N7O3/c1-3-23-12-13(20-17(23)22-9-6-18-7-10-22)19-16(21(2)14(12)25)24-8-4-5-11(24)15(26)27/h11,18H,3-10H2,1-2H3,(H,26,27). The van der Waals surface area contributed by atoms with Crippen LogP contribution in [0, 0.1) is 0 Å². The molecule has 2 aromatic rings. The predicted octanol–water partition coefficient (Wildman–Crippen LogP) is -0.387. The van der Waals surface area contributed by atoms with Gasteiger partial charge in [-0.3, -0.25) is 9.36 Å². The highest BCUT2D eigenvalue weighted by molar-refractivity contribution is 5.80. The van der Waals surface area contributed by atoms with E-state index in [9.17, 15) is 14.7 Å². The molecule has 10 heteroatoms. The number of carboxylic acids is 1. The SMILES string of the molecule is CCn1c(N2CCNCC2)nc2nc(N3CCCC3C(=O)O)n(C)c(=O)c21. The van der Waals surface area contributed by atoms with Gasteiger partial charge in [0.25, 0.3) is 5.56 Å². The Bertz CT molecular complexity index is 929. The van der Waals surface area contributed by atoms with E-state index >= 15 is 0 Å². The van der Waals surface area contributed by atoms with Gasteiger partial charge in [0.1, 0.15) is 6.04 Å². The first-order valence-corrected chi connectivity index (χ1v) is 9.45. The van der Waals surface area contributed by atoms with E-state index in [1.807, 2.05) is 11.5 Å². The van der Waals surface area contributed by atoms with Crippen molar-refractivity contribution in [1.82, 2.24) is 24.4 Å². The van der Waals surface area contributed by atoms with Gasteiger partial charge < -0.3 is 24.8 Å². The second-order valence-electron chi connectivity index (χ2n) is 7.03. The molecule has 4 heterocycles. The molecule has 2 N–H and O–H groups in total. The van der Waals surface area contributed by atoms with Gasteiger partial charge in [-0.2, -0.15) is 9.97 Å². The molecule has 1 atom stereocenters. The lowest BCUT2D eigenvalue weighted by molar-refractivity contribution is -0.138. The minimum Gasteiger partial charge on any atom is -0.480 e. The lowest BCUT2D eigenvalue weighted by atomic mass is 10.2. The van der Waals surface area contributed by atoms with Gasteiger partial charge in [0, 0.05) is 46.3 Å². The fourth-order valence-corrected chi connectivity index (χ4v) is 4.06. The summed E-state index contributed by atoms with van der Waals surface area (Å²) in [7, 11) is 1.65. The quantitative estimate of drug-likeness (QED) is 0.744. The molecule has 0 radical (unpaired) electrons. The predicted molar refractivity (Wildman–Crippen MR) is 102 cm³/mol. The summed E-state index contributed by atoms with van der Waals surface area (Å²) >= 11 is 0. The van der Waals surface area contributed by atoms with Crippen LogP contribution in [0.15, 0.2) is 4.79 Å². The zero-order valence-electron chi connectivity index (χ0n) is 15.7. The molecule has 0 saturated carbocycles. The van der Waals surface area contributed by atoms with Crippen LogP contribution in [0.2, 0.25) is 0 Å². The highest BCUT2D eigenvalue weighted by Gasteiger charge is 2.34.